The zero-order valence-corrected chi connectivity index (χ0v) is 19.6. The van der Waals surface area contributed by atoms with Gasteiger partial charge in [0.2, 0.25) is 0 Å². The van der Waals surface area contributed by atoms with Crippen molar-refractivity contribution in [2.45, 2.75) is 18.9 Å². The molecule has 0 unspecified atom stereocenters. The molecule has 1 saturated carbocycles. The minimum absolute atomic E-state index is 0.213. The SMILES string of the molecule is CN=Cc1[nH]c(=O)c(-c2nc3cc(OC)c(OC)cc3[nH]2)c(N[C@@H](c2ncccn2)C2CC2)c1N. The molecule has 0 aliphatic heterocycles. The van der Waals surface area contributed by atoms with Crippen LogP contribution in [0.2, 0.25) is 0 Å². The summed E-state index contributed by atoms with van der Waals surface area (Å²) in [5.74, 6) is 2.41. The molecule has 0 spiro atoms. The number of pyridine rings is 1. The van der Waals surface area contributed by atoms with Gasteiger partial charge in [-0.1, -0.05) is 0 Å². The Labute approximate surface area is 200 Å². The van der Waals surface area contributed by atoms with Crippen LogP contribution in [0.5, 0.6) is 11.5 Å². The lowest BCUT2D eigenvalue weighted by molar-refractivity contribution is 0.356. The number of nitrogens with one attached hydrogen (secondary N) is 3. The number of aromatic amines is 2. The molecule has 1 aromatic carbocycles. The molecule has 5 N–H and O–H groups in total. The molecule has 1 fully saturated rings. The predicted octanol–water partition coefficient (Wildman–Crippen LogP) is 2.92. The van der Waals surface area contributed by atoms with E-state index in [1.165, 1.54) is 6.21 Å². The van der Waals surface area contributed by atoms with Gasteiger partial charge < -0.3 is 30.5 Å². The molecule has 11 heteroatoms. The van der Waals surface area contributed by atoms with Crippen molar-refractivity contribution >= 4 is 28.6 Å². The Morgan fingerprint density at radius 2 is 1.89 bits per heavy atom. The fourth-order valence-electron chi connectivity index (χ4n) is 4.15. The third kappa shape index (κ3) is 4.16. The summed E-state index contributed by atoms with van der Waals surface area (Å²) >= 11 is 0. The fourth-order valence-corrected chi connectivity index (χ4v) is 4.15. The predicted molar refractivity (Wildman–Crippen MR) is 134 cm³/mol. The molecule has 0 bridgehead atoms. The van der Waals surface area contributed by atoms with Gasteiger partial charge in [0.15, 0.2) is 17.3 Å². The average molecular weight is 475 g/mol. The monoisotopic (exact) mass is 474 g/mol. The molecule has 35 heavy (non-hydrogen) atoms. The van der Waals surface area contributed by atoms with E-state index in [0.717, 1.165) is 12.8 Å². The maximum atomic E-state index is 13.4. The largest absolute Gasteiger partial charge is 0.493 e. The lowest BCUT2D eigenvalue weighted by atomic mass is 10.1. The van der Waals surface area contributed by atoms with Crippen LogP contribution in [-0.4, -0.2) is 52.4 Å². The van der Waals surface area contributed by atoms with Crippen LogP contribution in [-0.2, 0) is 0 Å². The minimum atomic E-state index is -0.363. The molecular weight excluding hydrogens is 448 g/mol. The molecule has 1 aliphatic carbocycles. The summed E-state index contributed by atoms with van der Waals surface area (Å²) in [6.07, 6.45) is 6.99. The van der Waals surface area contributed by atoms with Crippen LogP contribution in [0.25, 0.3) is 22.4 Å². The summed E-state index contributed by atoms with van der Waals surface area (Å²) in [5, 5.41) is 3.48. The number of fused-ring (bicyclic) bond motifs is 1. The summed E-state index contributed by atoms with van der Waals surface area (Å²) in [7, 11) is 4.73. The van der Waals surface area contributed by atoms with Crippen LogP contribution in [0, 0.1) is 5.92 Å². The van der Waals surface area contributed by atoms with Crippen LogP contribution >= 0.6 is 0 Å². The number of rotatable bonds is 8. The van der Waals surface area contributed by atoms with Crippen LogP contribution in [0.3, 0.4) is 0 Å². The summed E-state index contributed by atoms with van der Waals surface area (Å²) in [4.78, 5) is 37.0. The second-order valence-electron chi connectivity index (χ2n) is 8.29. The molecule has 3 aromatic heterocycles. The van der Waals surface area contributed by atoms with E-state index in [0.29, 0.717) is 57.2 Å². The quantitative estimate of drug-likeness (QED) is 0.284. The van der Waals surface area contributed by atoms with Crippen molar-refractivity contribution in [2.75, 3.05) is 32.3 Å². The van der Waals surface area contributed by atoms with Gasteiger partial charge in [-0.3, -0.25) is 9.79 Å². The maximum absolute atomic E-state index is 13.4. The molecule has 180 valence electrons. The Balaban J connectivity index is 1.69. The van der Waals surface area contributed by atoms with Crippen molar-refractivity contribution in [1.82, 2.24) is 24.9 Å². The number of imidazole rings is 1. The third-order valence-corrected chi connectivity index (χ3v) is 6.02. The second kappa shape index (κ2) is 9.09. The zero-order chi connectivity index (χ0) is 24.5. The Morgan fingerprint density at radius 1 is 1.17 bits per heavy atom. The summed E-state index contributed by atoms with van der Waals surface area (Å²) in [6.45, 7) is 0. The number of H-pyrrole nitrogens is 2. The Kier molecular flexibility index (Phi) is 5.81. The number of ether oxygens (including phenoxy) is 2. The third-order valence-electron chi connectivity index (χ3n) is 6.02. The van der Waals surface area contributed by atoms with E-state index in [-0.39, 0.29) is 17.2 Å². The molecular formula is C24H26N8O3. The standard InChI is InChI=1S/C24H26N8O3/c1-26-11-15-19(25)21(32-20(12-5-6-12)23-27-7-4-8-28-23)18(24(33)31-15)22-29-13-9-16(34-2)17(35-3)10-14(13)30-22/h4,7-12,20H,5-6,25H2,1-3H3,(H,29,30)(H2,31,32,33)/t20-/m1/s1. The summed E-state index contributed by atoms with van der Waals surface area (Å²) in [6, 6.07) is 5.09. The van der Waals surface area contributed by atoms with Crippen LogP contribution in [0.1, 0.15) is 30.4 Å². The van der Waals surface area contributed by atoms with E-state index in [1.807, 2.05) is 0 Å². The first kappa shape index (κ1) is 22.4. The number of nitrogens with zero attached hydrogens (tertiary/aromatic N) is 4. The number of hydrogen-bond donors (Lipinski definition) is 4. The van der Waals surface area contributed by atoms with Crippen molar-refractivity contribution in [3.63, 3.8) is 0 Å². The number of nitrogen functional groups attached to an aromatic ring is 1. The first-order chi connectivity index (χ1) is 17.0. The number of nitrogens with two attached hydrogens (primary N) is 1. The van der Waals surface area contributed by atoms with Gasteiger partial charge >= 0.3 is 0 Å². The van der Waals surface area contributed by atoms with Crippen LogP contribution in [0.15, 0.2) is 40.4 Å². The Bertz CT molecular complexity index is 1420. The average Bonchev–Trinajstić information content (AvgIpc) is 3.63. The van der Waals surface area contributed by atoms with Gasteiger partial charge in [0.1, 0.15) is 11.4 Å². The van der Waals surface area contributed by atoms with E-state index < -0.39 is 0 Å². The minimum Gasteiger partial charge on any atom is -0.493 e. The molecule has 1 atom stereocenters. The van der Waals surface area contributed by atoms with Crippen LogP contribution in [0.4, 0.5) is 11.4 Å². The normalized spacial score (nSPS) is 14.4. The number of benzene rings is 1. The van der Waals surface area contributed by atoms with E-state index in [2.05, 4.69) is 35.2 Å². The highest BCUT2D eigenvalue weighted by atomic mass is 16.5. The summed E-state index contributed by atoms with van der Waals surface area (Å²) < 4.78 is 10.8. The van der Waals surface area contributed by atoms with Gasteiger partial charge in [0.05, 0.1) is 48.4 Å². The van der Waals surface area contributed by atoms with E-state index >= 15 is 0 Å². The van der Waals surface area contributed by atoms with E-state index in [9.17, 15) is 4.79 Å². The van der Waals surface area contributed by atoms with E-state index in [1.54, 1.807) is 51.9 Å². The molecule has 0 saturated heterocycles. The first-order valence-corrected chi connectivity index (χ1v) is 11.2. The number of aromatic nitrogens is 5. The topological polar surface area (TPSA) is 156 Å². The van der Waals surface area contributed by atoms with Crippen molar-refractivity contribution in [3.05, 3.63) is 52.5 Å². The Morgan fingerprint density at radius 3 is 2.54 bits per heavy atom. The van der Waals surface area contributed by atoms with Gasteiger partial charge in [0, 0.05) is 37.8 Å². The molecule has 11 nitrogen and oxygen atoms in total. The Hall–Kier alpha value is -4.41. The van der Waals surface area contributed by atoms with Gasteiger partial charge in [-0.15, -0.1) is 0 Å². The maximum Gasteiger partial charge on any atom is 0.261 e. The molecule has 0 amide bonds. The van der Waals surface area contributed by atoms with Gasteiger partial charge in [-0.25, -0.2) is 15.0 Å². The molecule has 3 heterocycles. The van der Waals surface area contributed by atoms with Crippen molar-refractivity contribution in [3.8, 4) is 22.9 Å². The molecule has 1 aliphatic rings. The molecule has 5 rings (SSSR count). The highest BCUT2D eigenvalue weighted by molar-refractivity contribution is 5.95. The number of anilines is 2. The van der Waals surface area contributed by atoms with Crippen molar-refractivity contribution in [2.24, 2.45) is 10.9 Å². The first-order valence-electron chi connectivity index (χ1n) is 11.2. The second-order valence-corrected chi connectivity index (χ2v) is 8.29. The number of aliphatic imine (C=N–C) groups is 1. The van der Waals surface area contributed by atoms with E-state index in [4.69, 9.17) is 15.2 Å². The van der Waals surface area contributed by atoms with Crippen molar-refractivity contribution in [1.29, 1.82) is 0 Å². The molecule has 0 radical (unpaired) electrons. The van der Waals surface area contributed by atoms with Gasteiger partial charge in [-0.05, 0) is 24.8 Å². The highest BCUT2D eigenvalue weighted by Crippen LogP contribution is 2.44. The van der Waals surface area contributed by atoms with Gasteiger partial charge in [0.25, 0.3) is 5.56 Å². The summed E-state index contributed by atoms with van der Waals surface area (Å²) in [5.41, 5.74) is 8.99. The molecule has 4 aromatic rings. The van der Waals surface area contributed by atoms with Crippen LogP contribution < -0.4 is 26.1 Å². The smallest absolute Gasteiger partial charge is 0.261 e. The van der Waals surface area contributed by atoms with Gasteiger partial charge in [-0.2, -0.15) is 0 Å². The zero-order valence-electron chi connectivity index (χ0n) is 19.6. The number of methoxy groups -OCH3 is 2. The number of hydrogen-bond acceptors (Lipinski definition) is 9. The lowest BCUT2D eigenvalue weighted by Crippen LogP contribution is -2.23. The fraction of sp³-hybridized carbons (Fsp3) is 0.292. The highest BCUT2D eigenvalue weighted by Gasteiger charge is 2.35. The lowest BCUT2D eigenvalue weighted by Gasteiger charge is -2.21. The van der Waals surface area contributed by atoms with Crippen molar-refractivity contribution < 1.29 is 9.47 Å².